The zero-order chi connectivity index (χ0) is 7.73. The van der Waals surface area contributed by atoms with E-state index in [-0.39, 0.29) is 11.3 Å². The lowest BCUT2D eigenvalue weighted by Gasteiger charge is -2.31. The van der Waals surface area contributed by atoms with Crippen molar-refractivity contribution in [3.05, 3.63) is 0 Å². The first-order valence-corrected chi connectivity index (χ1v) is 4.22. The van der Waals surface area contributed by atoms with Crippen LogP contribution in [-0.4, -0.2) is 25.5 Å². The van der Waals surface area contributed by atoms with E-state index in [1.54, 1.807) is 0 Å². The normalized spacial score (nSPS) is 28.9. The largest absolute Gasteiger partial charge is 0.317 e. The van der Waals surface area contributed by atoms with Crippen molar-refractivity contribution in [2.24, 2.45) is 5.41 Å². The standard InChI is InChI=1S/C8H13N2O/c11-7-5-8(6-10-7)1-3-9-4-2-8/h9H,1-6H2. The highest BCUT2D eigenvalue weighted by molar-refractivity contribution is 5.78. The molecule has 0 aliphatic carbocycles. The van der Waals surface area contributed by atoms with Gasteiger partial charge in [-0.1, -0.05) is 0 Å². The molecule has 2 aliphatic rings. The van der Waals surface area contributed by atoms with Crippen LogP contribution in [-0.2, 0) is 4.79 Å². The van der Waals surface area contributed by atoms with Gasteiger partial charge in [0.25, 0.3) is 0 Å². The molecule has 1 N–H and O–H groups in total. The Labute approximate surface area is 66.5 Å². The zero-order valence-electron chi connectivity index (χ0n) is 6.60. The molecule has 61 valence electrons. The van der Waals surface area contributed by atoms with Crippen molar-refractivity contribution in [3.8, 4) is 0 Å². The summed E-state index contributed by atoms with van der Waals surface area (Å²) in [4.78, 5) is 10.9. The van der Waals surface area contributed by atoms with Gasteiger partial charge < -0.3 is 5.32 Å². The lowest BCUT2D eigenvalue weighted by Crippen LogP contribution is -2.37. The third kappa shape index (κ3) is 1.25. The number of hydrogen-bond acceptors (Lipinski definition) is 2. The van der Waals surface area contributed by atoms with Crippen LogP contribution in [0.5, 0.6) is 0 Å². The van der Waals surface area contributed by atoms with Crippen molar-refractivity contribution < 1.29 is 4.79 Å². The van der Waals surface area contributed by atoms with Crippen LogP contribution in [0.2, 0.25) is 0 Å². The van der Waals surface area contributed by atoms with Crippen molar-refractivity contribution in [2.75, 3.05) is 19.6 Å². The molecule has 3 nitrogen and oxygen atoms in total. The molecular weight excluding hydrogens is 140 g/mol. The Morgan fingerprint density at radius 2 is 2.09 bits per heavy atom. The second-order valence-corrected chi connectivity index (χ2v) is 3.64. The summed E-state index contributed by atoms with van der Waals surface area (Å²) >= 11 is 0. The van der Waals surface area contributed by atoms with Crippen molar-refractivity contribution in [2.45, 2.75) is 19.3 Å². The molecule has 0 saturated carbocycles. The van der Waals surface area contributed by atoms with E-state index in [2.05, 4.69) is 10.6 Å². The first-order valence-electron chi connectivity index (χ1n) is 4.22. The summed E-state index contributed by atoms with van der Waals surface area (Å²) in [5.74, 6) is 0.118. The molecule has 1 amide bonds. The molecule has 0 aromatic heterocycles. The minimum Gasteiger partial charge on any atom is -0.317 e. The van der Waals surface area contributed by atoms with Gasteiger partial charge >= 0.3 is 0 Å². The maximum absolute atomic E-state index is 10.9. The molecule has 2 heterocycles. The summed E-state index contributed by atoms with van der Waals surface area (Å²) in [5.41, 5.74) is 0.266. The van der Waals surface area contributed by atoms with Gasteiger partial charge in [-0.25, -0.2) is 0 Å². The summed E-state index contributed by atoms with van der Waals surface area (Å²) in [6.45, 7) is 2.90. The minimum absolute atomic E-state index is 0.118. The van der Waals surface area contributed by atoms with Gasteiger partial charge in [0.15, 0.2) is 0 Å². The van der Waals surface area contributed by atoms with Gasteiger partial charge in [0.05, 0.1) is 0 Å². The van der Waals surface area contributed by atoms with Crippen LogP contribution in [0.15, 0.2) is 0 Å². The van der Waals surface area contributed by atoms with Gasteiger partial charge in [0, 0.05) is 18.4 Å². The fourth-order valence-corrected chi connectivity index (χ4v) is 1.98. The second-order valence-electron chi connectivity index (χ2n) is 3.64. The number of piperidine rings is 1. The number of nitrogens with zero attached hydrogens (tertiary/aromatic N) is 1. The molecule has 1 spiro atoms. The number of carbonyl (C=O) groups excluding carboxylic acids is 1. The molecule has 0 aromatic carbocycles. The molecule has 3 heteroatoms. The lowest BCUT2D eigenvalue weighted by atomic mass is 9.78. The molecule has 0 unspecified atom stereocenters. The Bertz CT molecular complexity index is 173. The highest BCUT2D eigenvalue weighted by Gasteiger charge is 2.39. The maximum Gasteiger partial charge on any atom is 0.241 e. The van der Waals surface area contributed by atoms with Gasteiger partial charge in [-0.2, -0.15) is 0 Å². The van der Waals surface area contributed by atoms with Gasteiger partial charge in [0.1, 0.15) is 0 Å². The molecule has 0 atom stereocenters. The third-order valence-electron chi connectivity index (χ3n) is 2.78. The fraction of sp³-hybridized carbons (Fsp3) is 0.875. The van der Waals surface area contributed by atoms with E-state index in [1.807, 2.05) is 0 Å². The lowest BCUT2D eigenvalue weighted by molar-refractivity contribution is -0.120. The van der Waals surface area contributed by atoms with E-state index in [4.69, 9.17) is 0 Å². The maximum atomic E-state index is 10.9. The van der Waals surface area contributed by atoms with E-state index in [9.17, 15) is 4.79 Å². The number of hydrogen-bond donors (Lipinski definition) is 1. The highest BCUT2D eigenvalue weighted by Crippen LogP contribution is 2.35. The number of carbonyl (C=O) groups is 1. The van der Waals surface area contributed by atoms with Crippen molar-refractivity contribution >= 4 is 5.91 Å². The number of nitrogens with one attached hydrogen (secondary N) is 1. The van der Waals surface area contributed by atoms with Gasteiger partial charge in [-0.15, -0.1) is 0 Å². The molecule has 0 bridgehead atoms. The second kappa shape index (κ2) is 2.48. The average Bonchev–Trinajstić information content (AvgIpc) is 2.34. The molecule has 11 heavy (non-hydrogen) atoms. The summed E-state index contributed by atoms with van der Waals surface area (Å²) in [5, 5.41) is 7.24. The van der Waals surface area contributed by atoms with Gasteiger partial charge in [0.2, 0.25) is 5.91 Å². The first-order chi connectivity index (χ1) is 5.31. The molecule has 2 rings (SSSR count). The zero-order valence-corrected chi connectivity index (χ0v) is 6.60. The Morgan fingerprint density at radius 3 is 2.64 bits per heavy atom. The average molecular weight is 153 g/mol. The molecule has 2 saturated heterocycles. The van der Waals surface area contributed by atoms with Crippen LogP contribution >= 0.6 is 0 Å². The molecule has 0 aromatic rings. The predicted octanol–water partition coefficient (Wildman–Crippen LogP) is -0.109. The third-order valence-corrected chi connectivity index (χ3v) is 2.78. The fourth-order valence-electron chi connectivity index (χ4n) is 1.98. The summed E-state index contributed by atoms with van der Waals surface area (Å²) in [7, 11) is 0. The van der Waals surface area contributed by atoms with Crippen LogP contribution in [0.3, 0.4) is 0 Å². The van der Waals surface area contributed by atoms with Crippen LogP contribution in [0, 0.1) is 5.41 Å². The minimum atomic E-state index is 0.118. The quantitative estimate of drug-likeness (QED) is 0.527. The molecular formula is C8H13N2O. The Morgan fingerprint density at radius 1 is 1.36 bits per heavy atom. The SMILES string of the molecule is O=C1CC2(CCNCC2)C[N]1. The van der Waals surface area contributed by atoms with Crippen LogP contribution in [0.25, 0.3) is 0 Å². The summed E-state index contributed by atoms with van der Waals surface area (Å²) < 4.78 is 0. The molecule has 2 aliphatic heterocycles. The summed E-state index contributed by atoms with van der Waals surface area (Å²) in [6, 6.07) is 0. The van der Waals surface area contributed by atoms with E-state index in [0.717, 1.165) is 32.5 Å². The number of amides is 1. The van der Waals surface area contributed by atoms with Crippen LogP contribution in [0.1, 0.15) is 19.3 Å². The first kappa shape index (κ1) is 7.10. The van der Waals surface area contributed by atoms with Crippen molar-refractivity contribution in [1.29, 1.82) is 0 Å². The Kier molecular flexibility index (Phi) is 1.60. The predicted molar refractivity (Wildman–Crippen MR) is 41.2 cm³/mol. The monoisotopic (exact) mass is 153 g/mol. The topological polar surface area (TPSA) is 43.2 Å². The molecule has 1 radical (unpaired) electrons. The van der Waals surface area contributed by atoms with E-state index in [0.29, 0.717) is 6.42 Å². The van der Waals surface area contributed by atoms with Crippen LogP contribution in [0.4, 0.5) is 0 Å². The van der Waals surface area contributed by atoms with E-state index < -0.39 is 0 Å². The van der Waals surface area contributed by atoms with E-state index >= 15 is 0 Å². The van der Waals surface area contributed by atoms with Crippen LogP contribution < -0.4 is 10.6 Å². The van der Waals surface area contributed by atoms with Gasteiger partial charge in [-0.05, 0) is 25.9 Å². The highest BCUT2D eigenvalue weighted by atomic mass is 16.1. The van der Waals surface area contributed by atoms with E-state index in [1.165, 1.54) is 0 Å². The van der Waals surface area contributed by atoms with Gasteiger partial charge in [-0.3, -0.25) is 10.1 Å². The summed E-state index contributed by atoms with van der Waals surface area (Å²) in [6.07, 6.45) is 2.96. The van der Waals surface area contributed by atoms with Crippen molar-refractivity contribution in [3.63, 3.8) is 0 Å². The smallest absolute Gasteiger partial charge is 0.241 e. The Balaban J connectivity index is 2.03. The number of rotatable bonds is 0. The van der Waals surface area contributed by atoms with Crippen molar-refractivity contribution in [1.82, 2.24) is 10.6 Å². The molecule has 2 fully saturated rings. The Hall–Kier alpha value is -0.570.